The van der Waals surface area contributed by atoms with Crippen molar-refractivity contribution in [1.82, 2.24) is 5.32 Å². The molecule has 0 aromatic heterocycles. The highest BCUT2D eigenvalue weighted by Crippen LogP contribution is 2.25. The van der Waals surface area contributed by atoms with Gasteiger partial charge in [0.15, 0.2) is 0 Å². The molecule has 20 heavy (non-hydrogen) atoms. The van der Waals surface area contributed by atoms with Gasteiger partial charge in [-0.1, -0.05) is 13.8 Å². The van der Waals surface area contributed by atoms with Crippen LogP contribution in [0.25, 0.3) is 0 Å². The largest absolute Gasteiger partial charge is 0.481 e. The van der Waals surface area contributed by atoms with E-state index in [9.17, 15) is 14.7 Å². The second-order valence-corrected chi connectivity index (χ2v) is 5.58. The van der Waals surface area contributed by atoms with Gasteiger partial charge in [-0.15, -0.1) is 11.8 Å². The Kier molecular flexibility index (Phi) is 6.07. The molecule has 0 radical (unpaired) electrons. The van der Waals surface area contributed by atoms with Crippen LogP contribution in [0.5, 0.6) is 0 Å². The number of carboxylic acids is 1. The van der Waals surface area contributed by atoms with Gasteiger partial charge in [-0.2, -0.15) is 0 Å². The number of carbonyl (C=O) groups excluding carboxylic acids is 1. The van der Waals surface area contributed by atoms with Gasteiger partial charge in [0.25, 0.3) is 5.91 Å². The van der Waals surface area contributed by atoms with Gasteiger partial charge in [0, 0.05) is 17.0 Å². The zero-order valence-corrected chi connectivity index (χ0v) is 12.9. The summed E-state index contributed by atoms with van der Waals surface area (Å²) in [7, 11) is 0. The lowest BCUT2D eigenvalue weighted by Crippen LogP contribution is -2.42. The van der Waals surface area contributed by atoms with Gasteiger partial charge < -0.3 is 10.4 Å². The molecule has 2 N–H and O–H groups in total. The first kappa shape index (κ1) is 16.6. The minimum absolute atomic E-state index is 0.151. The van der Waals surface area contributed by atoms with Gasteiger partial charge >= 0.3 is 5.97 Å². The lowest BCUT2D eigenvalue weighted by molar-refractivity contribution is -0.149. The van der Waals surface area contributed by atoms with E-state index in [1.807, 2.05) is 32.2 Å². The minimum atomic E-state index is -0.880. The molecule has 1 amide bonds. The number of benzene rings is 1. The highest BCUT2D eigenvalue weighted by atomic mass is 32.2. The number of carboxylic acid groups (broad SMARTS) is 1. The number of hydrogen-bond acceptors (Lipinski definition) is 3. The summed E-state index contributed by atoms with van der Waals surface area (Å²) in [6, 6.07) is 7.26. The second-order valence-electron chi connectivity index (χ2n) is 4.70. The van der Waals surface area contributed by atoms with Crippen molar-refractivity contribution >= 4 is 23.6 Å². The molecule has 4 nitrogen and oxygen atoms in total. The van der Waals surface area contributed by atoms with Crippen LogP contribution in [0.2, 0.25) is 0 Å². The molecule has 1 rings (SSSR count). The van der Waals surface area contributed by atoms with Gasteiger partial charge in [-0.25, -0.2) is 0 Å². The molecule has 0 bridgehead atoms. The first-order chi connectivity index (χ1) is 9.49. The minimum Gasteiger partial charge on any atom is -0.481 e. The van der Waals surface area contributed by atoms with Crippen LogP contribution in [0.4, 0.5) is 0 Å². The van der Waals surface area contributed by atoms with E-state index in [0.29, 0.717) is 18.4 Å². The number of rotatable bonds is 7. The predicted octanol–water partition coefficient (Wildman–Crippen LogP) is 3.03. The molecule has 1 aromatic carbocycles. The summed E-state index contributed by atoms with van der Waals surface area (Å²) >= 11 is 1.61. The molecule has 0 saturated heterocycles. The van der Waals surface area contributed by atoms with Gasteiger partial charge in [-0.05, 0) is 43.4 Å². The molecular weight excluding hydrogens is 274 g/mol. The molecule has 0 atom stereocenters. The van der Waals surface area contributed by atoms with Crippen molar-refractivity contribution in [2.45, 2.75) is 31.6 Å². The highest BCUT2D eigenvalue weighted by molar-refractivity contribution is 7.98. The Bertz CT molecular complexity index is 467. The molecule has 0 aliphatic carbocycles. The fraction of sp³-hybridized carbons (Fsp3) is 0.467. The van der Waals surface area contributed by atoms with Crippen LogP contribution in [0, 0.1) is 5.41 Å². The molecule has 110 valence electrons. The van der Waals surface area contributed by atoms with E-state index < -0.39 is 11.4 Å². The monoisotopic (exact) mass is 295 g/mol. The Morgan fingerprint density at radius 3 is 2.15 bits per heavy atom. The first-order valence-corrected chi connectivity index (χ1v) is 7.87. The summed E-state index contributed by atoms with van der Waals surface area (Å²) in [5, 5.41) is 12.1. The Morgan fingerprint density at radius 2 is 1.75 bits per heavy atom. The SMILES string of the molecule is CCC(CC)(CNC(=O)c1ccc(SC)cc1)C(=O)O. The average molecular weight is 295 g/mol. The summed E-state index contributed by atoms with van der Waals surface area (Å²) in [4.78, 5) is 24.5. The standard InChI is InChI=1S/C15H21NO3S/c1-4-15(5-2,14(18)19)10-16-13(17)11-6-8-12(20-3)9-7-11/h6-9H,4-5,10H2,1-3H3,(H,16,17)(H,18,19). The number of carbonyl (C=O) groups is 2. The zero-order chi connectivity index (χ0) is 15.2. The van der Waals surface area contributed by atoms with Crippen molar-refractivity contribution in [3.8, 4) is 0 Å². The fourth-order valence-corrected chi connectivity index (χ4v) is 2.38. The van der Waals surface area contributed by atoms with Gasteiger partial charge in [-0.3, -0.25) is 9.59 Å². The smallest absolute Gasteiger partial charge is 0.311 e. The van der Waals surface area contributed by atoms with Crippen molar-refractivity contribution in [1.29, 1.82) is 0 Å². The Morgan fingerprint density at radius 1 is 1.20 bits per heavy atom. The maximum absolute atomic E-state index is 12.0. The van der Waals surface area contributed by atoms with Crippen LogP contribution in [0.15, 0.2) is 29.2 Å². The number of amides is 1. The number of hydrogen-bond donors (Lipinski definition) is 2. The van der Waals surface area contributed by atoms with Crippen molar-refractivity contribution in [2.75, 3.05) is 12.8 Å². The highest BCUT2D eigenvalue weighted by Gasteiger charge is 2.35. The van der Waals surface area contributed by atoms with Crippen molar-refractivity contribution in [2.24, 2.45) is 5.41 Å². The first-order valence-electron chi connectivity index (χ1n) is 6.64. The number of thioether (sulfide) groups is 1. The average Bonchev–Trinajstić information content (AvgIpc) is 2.48. The molecule has 0 aliphatic rings. The topological polar surface area (TPSA) is 66.4 Å². The fourth-order valence-electron chi connectivity index (χ4n) is 1.97. The number of aliphatic carboxylic acids is 1. The van der Waals surface area contributed by atoms with Crippen LogP contribution in [-0.2, 0) is 4.79 Å². The van der Waals surface area contributed by atoms with E-state index in [0.717, 1.165) is 4.90 Å². The molecule has 0 aliphatic heterocycles. The van der Waals surface area contributed by atoms with Crippen molar-refractivity contribution < 1.29 is 14.7 Å². The molecule has 1 aromatic rings. The van der Waals surface area contributed by atoms with Crippen LogP contribution < -0.4 is 5.32 Å². The van der Waals surface area contributed by atoms with Crippen LogP contribution in [-0.4, -0.2) is 29.8 Å². The van der Waals surface area contributed by atoms with E-state index in [4.69, 9.17) is 0 Å². The zero-order valence-electron chi connectivity index (χ0n) is 12.1. The maximum atomic E-state index is 12.0. The maximum Gasteiger partial charge on any atom is 0.311 e. The third kappa shape index (κ3) is 3.76. The Balaban J connectivity index is 2.72. The van der Waals surface area contributed by atoms with E-state index >= 15 is 0 Å². The van der Waals surface area contributed by atoms with Gasteiger partial charge in [0.05, 0.1) is 5.41 Å². The normalized spacial score (nSPS) is 11.2. The van der Waals surface area contributed by atoms with Crippen LogP contribution >= 0.6 is 11.8 Å². The van der Waals surface area contributed by atoms with Crippen LogP contribution in [0.3, 0.4) is 0 Å². The summed E-state index contributed by atoms with van der Waals surface area (Å²) in [6.07, 6.45) is 2.95. The third-order valence-corrected chi connectivity index (χ3v) is 4.49. The number of nitrogens with one attached hydrogen (secondary N) is 1. The van der Waals surface area contributed by atoms with Gasteiger partial charge in [0.2, 0.25) is 0 Å². The third-order valence-electron chi connectivity index (χ3n) is 3.75. The molecule has 0 heterocycles. The molecule has 5 heteroatoms. The van der Waals surface area contributed by atoms with E-state index in [2.05, 4.69) is 5.32 Å². The van der Waals surface area contributed by atoms with Crippen molar-refractivity contribution in [3.63, 3.8) is 0 Å². The summed E-state index contributed by atoms with van der Waals surface area (Å²) in [6.45, 7) is 3.81. The Labute approximate surface area is 124 Å². The summed E-state index contributed by atoms with van der Waals surface area (Å²) in [5.74, 6) is -1.09. The predicted molar refractivity (Wildman–Crippen MR) is 81.2 cm³/mol. The summed E-state index contributed by atoms with van der Waals surface area (Å²) in [5.41, 5.74) is -0.330. The molecule has 0 saturated carbocycles. The van der Waals surface area contributed by atoms with E-state index in [-0.39, 0.29) is 12.5 Å². The molecule has 0 spiro atoms. The second kappa shape index (κ2) is 7.33. The van der Waals surface area contributed by atoms with E-state index in [1.165, 1.54) is 0 Å². The lowest BCUT2D eigenvalue weighted by atomic mass is 9.82. The molecule has 0 unspecified atom stereocenters. The van der Waals surface area contributed by atoms with Gasteiger partial charge in [0.1, 0.15) is 0 Å². The Hall–Kier alpha value is -1.49. The van der Waals surface area contributed by atoms with Crippen molar-refractivity contribution in [3.05, 3.63) is 29.8 Å². The van der Waals surface area contributed by atoms with Crippen LogP contribution in [0.1, 0.15) is 37.0 Å². The molecular formula is C15H21NO3S. The van der Waals surface area contributed by atoms with E-state index in [1.54, 1.807) is 23.9 Å². The lowest BCUT2D eigenvalue weighted by Gasteiger charge is -2.26. The molecule has 0 fully saturated rings. The quantitative estimate of drug-likeness (QED) is 0.759. The summed E-state index contributed by atoms with van der Waals surface area (Å²) < 4.78 is 0.